The maximum absolute atomic E-state index is 12.8. The number of rotatable bonds is 3. The molecule has 0 unspecified atom stereocenters. The number of hydrogen-bond acceptors (Lipinski definition) is 2. The van der Waals surface area contributed by atoms with Crippen molar-refractivity contribution in [2.45, 2.75) is 6.92 Å². The Kier molecular flexibility index (Phi) is 2.90. The van der Waals surface area contributed by atoms with Crippen LogP contribution in [0.1, 0.15) is 12.5 Å². The second kappa shape index (κ2) is 3.94. The van der Waals surface area contributed by atoms with Crippen LogP contribution in [-0.2, 0) is 4.74 Å². The highest BCUT2D eigenvalue weighted by Gasteiger charge is 2.05. The normalized spacial score (nSPS) is 9.69. The second-order valence-electron chi connectivity index (χ2n) is 2.59. The van der Waals surface area contributed by atoms with Crippen molar-refractivity contribution >= 4 is 11.4 Å². The van der Waals surface area contributed by atoms with Crippen LogP contribution >= 0.6 is 0 Å². The van der Waals surface area contributed by atoms with E-state index in [9.17, 15) is 4.39 Å². The van der Waals surface area contributed by atoms with E-state index in [-0.39, 0.29) is 5.82 Å². The molecule has 1 aromatic carbocycles. The average Bonchev–Trinajstić information content (AvgIpc) is 2.09. The van der Waals surface area contributed by atoms with E-state index in [0.29, 0.717) is 23.6 Å². The Labute approximate surface area is 76.8 Å². The Morgan fingerprint density at radius 2 is 2.31 bits per heavy atom. The van der Waals surface area contributed by atoms with Crippen molar-refractivity contribution in [2.24, 2.45) is 0 Å². The summed E-state index contributed by atoms with van der Waals surface area (Å²) in [5, 5.41) is 0. The highest BCUT2D eigenvalue weighted by atomic mass is 19.1. The standard InChI is InChI=1S/C10H12FNO/c1-3-13-7(2)9-6-8(11)4-5-10(9)12/h4-6H,2-3,12H2,1H3. The van der Waals surface area contributed by atoms with Crippen molar-refractivity contribution in [1.29, 1.82) is 0 Å². The molecule has 13 heavy (non-hydrogen) atoms. The van der Waals surface area contributed by atoms with Crippen molar-refractivity contribution in [2.75, 3.05) is 12.3 Å². The minimum atomic E-state index is -0.343. The van der Waals surface area contributed by atoms with Gasteiger partial charge >= 0.3 is 0 Å². The molecular formula is C10H12FNO. The molecule has 1 rings (SSSR count). The van der Waals surface area contributed by atoms with E-state index in [1.807, 2.05) is 6.92 Å². The second-order valence-corrected chi connectivity index (χ2v) is 2.59. The van der Waals surface area contributed by atoms with Crippen molar-refractivity contribution < 1.29 is 9.13 Å². The molecule has 0 atom stereocenters. The molecule has 0 radical (unpaired) electrons. The number of halogens is 1. The van der Waals surface area contributed by atoms with Crippen LogP contribution in [0.5, 0.6) is 0 Å². The van der Waals surface area contributed by atoms with E-state index in [2.05, 4.69) is 6.58 Å². The van der Waals surface area contributed by atoms with E-state index in [1.165, 1.54) is 18.2 Å². The molecule has 70 valence electrons. The fourth-order valence-corrected chi connectivity index (χ4v) is 1.02. The quantitative estimate of drug-likeness (QED) is 0.574. The summed E-state index contributed by atoms with van der Waals surface area (Å²) < 4.78 is 17.9. The molecule has 0 aromatic heterocycles. The zero-order chi connectivity index (χ0) is 9.84. The van der Waals surface area contributed by atoms with Gasteiger partial charge in [0, 0.05) is 11.3 Å². The number of anilines is 1. The molecule has 3 heteroatoms. The lowest BCUT2D eigenvalue weighted by atomic mass is 10.1. The SMILES string of the molecule is C=C(OCC)c1cc(F)ccc1N. The first-order chi connectivity index (χ1) is 6.15. The summed E-state index contributed by atoms with van der Waals surface area (Å²) >= 11 is 0. The summed E-state index contributed by atoms with van der Waals surface area (Å²) in [6.07, 6.45) is 0. The van der Waals surface area contributed by atoms with Crippen molar-refractivity contribution in [3.05, 3.63) is 36.2 Å². The molecular weight excluding hydrogens is 169 g/mol. The molecule has 0 fully saturated rings. The van der Waals surface area contributed by atoms with E-state index in [1.54, 1.807) is 0 Å². The smallest absolute Gasteiger partial charge is 0.124 e. The van der Waals surface area contributed by atoms with Crippen LogP contribution in [0.2, 0.25) is 0 Å². The van der Waals surface area contributed by atoms with E-state index in [4.69, 9.17) is 10.5 Å². The maximum atomic E-state index is 12.8. The Morgan fingerprint density at radius 1 is 1.62 bits per heavy atom. The summed E-state index contributed by atoms with van der Waals surface area (Å²) in [4.78, 5) is 0. The van der Waals surface area contributed by atoms with Gasteiger partial charge in [-0.3, -0.25) is 0 Å². The molecule has 0 saturated heterocycles. The highest BCUT2D eigenvalue weighted by Crippen LogP contribution is 2.21. The molecule has 0 spiro atoms. The van der Waals surface area contributed by atoms with Crippen LogP contribution in [0.4, 0.5) is 10.1 Å². The van der Waals surface area contributed by atoms with Crippen LogP contribution in [0, 0.1) is 5.82 Å². The molecule has 0 aliphatic carbocycles. The summed E-state index contributed by atoms with van der Waals surface area (Å²) in [7, 11) is 0. The van der Waals surface area contributed by atoms with Crippen molar-refractivity contribution in [3.8, 4) is 0 Å². The van der Waals surface area contributed by atoms with Gasteiger partial charge in [-0.15, -0.1) is 0 Å². The third-order valence-corrected chi connectivity index (χ3v) is 1.63. The molecule has 0 bridgehead atoms. The lowest BCUT2D eigenvalue weighted by molar-refractivity contribution is 0.299. The topological polar surface area (TPSA) is 35.2 Å². The zero-order valence-electron chi connectivity index (χ0n) is 7.51. The molecule has 1 aromatic rings. The summed E-state index contributed by atoms with van der Waals surface area (Å²) in [5.41, 5.74) is 6.60. The molecule has 0 heterocycles. The van der Waals surface area contributed by atoms with Gasteiger partial charge in [0.1, 0.15) is 11.6 Å². The van der Waals surface area contributed by atoms with Gasteiger partial charge < -0.3 is 10.5 Å². The fraction of sp³-hybridized carbons (Fsp3) is 0.200. The monoisotopic (exact) mass is 181 g/mol. The van der Waals surface area contributed by atoms with E-state index < -0.39 is 0 Å². The van der Waals surface area contributed by atoms with Gasteiger partial charge in [-0.1, -0.05) is 6.58 Å². The Bertz CT molecular complexity index is 323. The van der Waals surface area contributed by atoms with Gasteiger partial charge in [0.2, 0.25) is 0 Å². The molecule has 2 N–H and O–H groups in total. The Balaban J connectivity index is 2.99. The minimum Gasteiger partial charge on any atom is -0.494 e. The maximum Gasteiger partial charge on any atom is 0.124 e. The fourth-order valence-electron chi connectivity index (χ4n) is 1.02. The first-order valence-corrected chi connectivity index (χ1v) is 4.02. The third kappa shape index (κ3) is 2.21. The van der Waals surface area contributed by atoms with Crippen LogP contribution in [0.15, 0.2) is 24.8 Å². The summed E-state index contributed by atoms with van der Waals surface area (Å²) in [6, 6.07) is 4.11. The lowest BCUT2D eigenvalue weighted by Crippen LogP contribution is -1.97. The predicted octanol–water partition coefficient (Wildman–Crippen LogP) is 2.42. The first kappa shape index (κ1) is 9.58. The van der Waals surface area contributed by atoms with Crippen LogP contribution in [0.3, 0.4) is 0 Å². The van der Waals surface area contributed by atoms with E-state index >= 15 is 0 Å². The van der Waals surface area contributed by atoms with Crippen LogP contribution in [-0.4, -0.2) is 6.61 Å². The molecule has 0 amide bonds. The van der Waals surface area contributed by atoms with Gasteiger partial charge in [0.15, 0.2) is 0 Å². The zero-order valence-corrected chi connectivity index (χ0v) is 7.51. The average molecular weight is 181 g/mol. The van der Waals surface area contributed by atoms with Gasteiger partial charge in [0.25, 0.3) is 0 Å². The van der Waals surface area contributed by atoms with Crippen molar-refractivity contribution in [3.63, 3.8) is 0 Å². The summed E-state index contributed by atoms with van der Waals surface area (Å²) in [6.45, 7) is 5.98. The molecule has 2 nitrogen and oxygen atoms in total. The van der Waals surface area contributed by atoms with E-state index in [0.717, 1.165) is 0 Å². The lowest BCUT2D eigenvalue weighted by Gasteiger charge is -2.09. The highest BCUT2D eigenvalue weighted by molar-refractivity contribution is 5.69. The molecule has 0 saturated carbocycles. The van der Waals surface area contributed by atoms with Gasteiger partial charge in [0.05, 0.1) is 6.61 Å². The van der Waals surface area contributed by atoms with Crippen molar-refractivity contribution in [1.82, 2.24) is 0 Å². The minimum absolute atomic E-state index is 0.343. The van der Waals surface area contributed by atoms with Crippen LogP contribution < -0.4 is 5.73 Å². The number of hydrogen-bond donors (Lipinski definition) is 1. The number of nitrogen functional groups attached to an aromatic ring is 1. The Hall–Kier alpha value is -1.51. The largest absolute Gasteiger partial charge is 0.494 e. The number of nitrogens with two attached hydrogens (primary N) is 1. The molecule has 0 aliphatic rings. The third-order valence-electron chi connectivity index (χ3n) is 1.63. The predicted molar refractivity (Wildman–Crippen MR) is 51.5 cm³/mol. The Morgan fingerprint density at radius 3 is 2.92 bits per heavy atom. The number of benzene rings is 1. The number of ether oxygens (including phenoxy) is 1. The molecule has 0 aliphatic heterocycles. The summed E-state index contributed by atoms with van der Waals surface area (Å²) in [5.74, 6) is 0.0598. The van der Waals surface area contributed by atoms with Gasteiger partial charge in [-0.25, -0.2) is 4.39 Å². The van der Waals surface area contributed by atoms with Gasteiger partial charge in [-0.2, -0.15) is 0 Å². The van der Waals surface area contributed by atoms with Gasteiger partial charge in [-0.05, 0) is 25.1 Å². The van der Waals surface area contributed by atoms with Crippen LogP contribution in [0.25, 0.3) is 5.76 Å². The first-order valence-electron chi connectivity index (χ1n) is 4.02.